The first kappa shape index (κ1) is 14.0. The van der Waals surface area contributed by atoms with E-state index in [1.54, 1.807) is 0 Å². The van der Waals surface area contributed by atoms with Gasteiger partial charge in [0.25, 0.3) is 5.91 Å². The van der Waals surface area contributed by atoms with E-state index in [0.717, 1.165) is 16.8 Å². The number of carbonyl (C=O) groups is 2. The highest BCUT2D eigenvalue weighted by Gasteiger charge is 2.28. The molecule has 1 aliphatic rings. The summed E-state index contributed by atoms with van der Waals surface area (Å²) in [5.74, 6) is -1.29. The standard InChI is InChI=1S/C14H16N2O4/c1-9-2-4-10(5-3-9)11-8-12(20-16-11)14(19)15-7-6-13(17)18/h2-5,12H,6-8H2,1H3,(H,15,19)(H,17,18). The summed E-state index contributed by atoms with van der Waals surface area (Å²) in [6.45, 7) is 2.09. The van der Waals surface area contributed by atoms with E-state index >= 15 is 0 Å². The number of carboxylic acid groups (broad SMARTS) is 1. The molecule has 6 heteroatoms. The summed E-state index contributed by atoms with van der Waals surface area (Å²) < 4.78 is 0. The molecule has 0 aromatic heterocycles. The molecule has 2 rings (SSSR count). The Labute approximate surface area is 116 Å². The Morgan fingerprint density at radius 2 is 2.10 bits per heavy atom. The van der Waals surface area contributed by atoms with Crippen molar-refractivity contribution in [3.63, 3.8) is 0 Å². The molecule has 106 valence electrons. The normalized spacial score (nSPS) is 17.2. The molecule has 0 saturated heterocycles. The van der Waals surface area contributed by atoms with E-state index in [0.29, 0.717) is 6.42 Å². The van der Waals surface area contributed by atoms with Crippen LogP contribution in [0, 0.1) is 6.92 Å². The van der Waals surface area contributed by atoms with Gasteiger partial charge in [0.15, 0.2) is 0 Å². The van der Waals surface area contributed by atoms with Crippen molar-refractivity contribution in [2.24, 2.45) is 5.16 Å². The Hall–Kier alpha value is -2.37. The van der Waals surface area contributed by atoms with E-state index in [9.17, 15) is 9.59 Å². The zero-order chi connectivity index (χ0) is 14.5. The second-order valence-electron chi connectivity index (χ2n) is 4.64. The Morgan fingerprint density at radius 3 is 2.75 bits per heavy atom. The fourth-order valence-electron chi connectivity index (χ4n) is 1.84. The minimum Gasteiger partial charge on any atom is -0.481 e. The van der Waals surface area contributed by atoms with Crippen LogP contribution in [0.2, 0.25) is 0 Å². The number of nitrogens with one attached hydrogen (secondary N) is 1. The number of rotatable bonds is 5. The minimum absolute atomic E-state index is 0.0912. The zero-order valence-electron chi connectivity index (χ0n) is 11.1. The van der Waals surface area contributed by atoms with Gasteiger partial charge in [-0.05, 0) is 12.5 Å². The first-order valence-corrected chi connectivity index (χ1v) is 6.35. The van der Waals surface area contributed by atoms with Gasteiger partial charge < -0.3 is 15.3 Å². The number of carboxylic acids is 1. The molecular formula is C14H16N2O4. The summed E-state index contributed by atoms with van der Waals surface area (Å²) in [4.78, 5) is 27.2. The van der Waals surface area contributed by atoms with Gasteiger partial charge in [-0.15, -0.1) is 0 Å². The first-order chi connectivity index (χ1) is 9.56. The highest BCUT2D eigenvalue weighted by molar-refractivity contribution is 6.04. The highest BCUT2D eigenvalue weighted by atomic mass is 16.6. The molecule has 0 spiro atoms. The maximum Gasteiger partial charge on any atom is 0.305 e. The van der Waals surface area contributed by atoms with Gasteiger partial charge in [-0.25, -0.2) is 0 Å². The van der Waals surface area contributed by atoms with E-state index in [2.05, 4.69) is 10.5 Å². The van der Waals surface area contributed by atoms with E-state index in [-0.39, 0.29) is 18.9 Å². The predicted molar refractivity (Wildman–Crippen MR) is 72.5 cm³/mol. The topological polar surface area (TPSA) is 88.0 Å². The minimum atomic E-state index is -0.950. The Kier molecular flexibility index (Phi) is 4.34. The van der Waals surface area contributed by atoms with Gasteiger partial charge in [0, 0.05) is 13.0 Å². The van der Waals surface area contributed by atoms with Crippen LogP contribution < -0.4 is 5.32 Å². The Bertz CT molecular complexity index is 537. The van der Waals surface area contributed by atoms with Gasteiger partial charge in [0.1, 0.15) is 0 Å². The predicted octanol–water partition coefficient (Wildman–Crippen LogP) is 1.08. The summed E-state index contributed by atoms with van der Waals surface area (Å²) in [6.07, 6.45) is -0.397. The summed E-state index contributed by atoms with van der Waals surface area (Å²) >= 11 is 0. The van der Waals surface area contributed by atoms with Crippen LogP contribution in [0.3, 0.4) is 0 Å². The summed E-state index contributed by atoms with van der Waals surface area (Å²) in [5.41, 5.74) is 2.80. The molecule has 1 aromatic rings. The van der Waals surface area contributed by atoms with Gasteiger partial charge in [0.05, 0.1) is 12.1 Å². The van der Waals surface area contributed by atoms with Gasteiger partial charge in [-0.1, -0.05) is 35.0 Å². The third-order valence-electron chi connectivity index (χ3n) is 2.98. The van der Waals surface area contributed by atoms with Crippen LogP contribution in [-0.2, 0) is 14.4 Å². The van der Waals surface area contributed by atoms with Crippen LogP contribution in [0.15, 0.2) is 29.4 Å². The maximum atomic E-state index is 11.8. The number of hydrogen-bond donors (Lipinski definition) is 2. The van der Waals surface area contributed by atoms with Gasteiger partial charge >= 0.3 is 5.97 Å². The smallest absolute Gasteiger partial charge is 0.305 e. The van der Waals surface area contributed by atoms with E-state index < -0.39 is 12.1 Å². The largest absolute Gasteiger partial charge is 0.481 e. The third-order valence-corrected chi connectivity index (χ3v) is 2.98. The lowest BCUT2D eigenvalue weighted by atomic mass is 10.0. The number of hydrogen-bond acceptors (Lipinski definition) is 4. The molecule has 1 heterocycles. The monoisotopic (exact) mass is 276 g/mol. The number of amides is 1. The molecule has 1 aromatic carbocycles. The lowest BCUT2D eigenvalue weighted by Crippen LogP contribution is -2.36. The van der Waals surface area contributed by atoms with Crippen molar-refractivity contribution in [1.82, 2.24) is 5.32 Å². The second-order valence-corrected chi connectivity index (χ2v) is 4.64. The lowest BCUT2D eigenvalue weighted by Gasteiger charge is -2.08. The van der Waals surface area contributed by atoms with E-state index in [4.69, 9.17) is 9.94 Å². The molecule has 1 unspecified atom stereocenters. The van der Waals surface area contributed by atoms with Crippen molar-refractivity contribution in [1.29, 1.82) is 0 Å². The van der Waals surface area contributed by atoms with Crippen molar-refractivity contribution in [2.45, 2.75) is 25.9 Å². The number of aryl methyl sites for hydroxylation is 1. The molecule has 0 fully saturated rings. The molecule has 1 amide bonds. The number of oxime groups is 1. The molecule has 1 aliphatic heterocycles. The summed E-state index contributed by atoms with van der Waals surface area (Å²) in [5, 5.41) is 14.9. The third kappa shape index (κ3) is 3.57. The van der Waals surface area contributed by atoms with Crippen molar-refractivity contribution in [3.8, 4) is 0 Å². The molecular weight excluding hydrogens is 260 g/mol. The number of benzene rings is 1. The average molecular weight is 276 g/mol. The Morgan fingerprint density at radius 1 is 1.40 bits per heavy atom. The molecule has 0 aliphatic carbocycles. The van der Waals surface area contributed by atoms with Gasteiger partial charge in [-0.2, -0.15) is 0 Å². The first-order valence-electron chi connectivity index (χ1n) is 6.35. The molecule has 2 N–H and O–H groups in total. The van der Waals surface area contributed by atoms with E-state index in [1.165, 1.54) is 0 Å². The maximum absolute atomic E-state index is 11.8. The quantitative estimate of drug-likeness (QED) is 0.842. The summed E-state index contributed by atoms with van der Waals surface area (Å²) in [7, 11) is 0. The van der Waals surface area contributed by atoms with Crippen molar-refractivity contribution >= 4 is 17.6 Å². The molecule has 0 radical (unpaired) electrons. The van der Waals surface area contributed by atoms with Crippen molar-refractivity contribution < 1.29 is 19.5 Å². The Balaban J connectivity index is 1.86. The highest BCUT2D eigenvalue weighted by Crippen LogP contribution is 2.17. The summed E-state index contributed by atoms with van der Waals surface area (Å²) in [6, 6.07) is 7.81. The fraction of sp³-hybridized carbons (Fsp3) is 0.357. The fourth-order valence-corrected chi connectivity index (χ4v) is 1.84. The van der Waals surface area contributed by atoms with Gasteiger partial charge in [0.2, 0.25) is 6.10 Å². The molecule has 0 saturated carbocycles. The van der Waals surface area contributed by atoms with Crippen LogP contribution in [0.4, 0.5) is 0 Å². The van der Waals surface area contributed by atoms with Crippen LogP contribution >= 0.6 is 0 Å². The number of carbonyl (C=O) groups excluding carboxylic acids is 1. The number of nitrogens with zero attached hydrogens (tertiary/aromatic N) is 1. The second kappa shape index (κ2) is 6.18. The van der Waals surface area contributed by atoms with Crippen molar-refractivity contribution in [3.05, 3.63) is 35.4 Å². The molecule has 0 bridgehead atoms. The van der Waals surface area contributed by atoms with Crippen LogP contribution in [0.25, 0.3) is 0 Å². The van der Waals surface area contributed by atoms with Crippen LogP contribution in [0.1, 0.15) is 24.0 Å². The van der Waals surface area contributed by atoms with Gasteiger partial charge in [-0.3, -0.25) is 9.59 Å². The zero-order valence-corrected chi connectivity index (χ0v) is 11.1. The van der Waals surface area contributed by atoms with E-state index in [1.807, 2.05) is 31.2 Å². The molecule has 1 atom stereocenters. The van der Waals surface area contributed by atoms with Crippen LogP contribution in [-0.4, -0.2) is 35.3 Å². The number of aliphatic carboxylic acids is 1. The molecule has 20 heavy (non-hydrogen) atoms. The van der Waals surface area contributed by atoms with Crippen LogP contribution in [0.5, 0.6) is 0 Å². The van der Waals surface area contributed by atoms with Crippen molar-refractivity contribution in [2.75, 3.05) is 6.54 Å². The lowest BCUT2D eigenvalue weighted by molar-refractivity contribution is -0.137. The molecule has 6 nitrogen and oxygen atoms in total. The SMILES string of the molecule is Cc1ccc(C2=NOC(C(=O)NCCC(=O)O)C2)cc1. The average Bonchev–Trinajstić information content (AvgIpc) is 2.88.